The number of amides is 2. The molecule has 0 aromatic carbocycles. The lowest BCUT2D eigenvalue weighted by molar-refractivity contribution is -0.140. The van der Waals surface area contributed by atoms with Crippen LogP contribution in [0.3, 0.4) is 0 Å². The number of hydrogen-bond acceptors (Lipinski definition) is 2. The highest BCUT2D eigenvalue weighted by Crippen LogP contribution is 2.29. The molecule has 0 heterocycles. The van der Waals surface area contributed by atoms with E-state index in [0.717, 1.165) is 6.42 Å². The van der Waals surface area contributed by atoms with Crippen molar-refractivity contribution in [2.45, 2.75) is 40.0 Å². The summed E-state index contributed by atoms with van der Waals surface area (Å²) in [7, 11) is 0. The first kappa shape index (κ1) is 12.9. The molecule has 0 spiro atoms. The topological polar surface area (TPSA) is 86.2 Å². The summed E-state index contributed by atoms with van der Waals surface area (Å²) < 4.78 is 0. The summed E-state index contributed by atoms with van der Waals surface area (Å²) in [6.07, 6.45) is 1.61. The fourth-order valence-corrected chi connectivity index (χ4v) is 1.43. The van der Waals surface area contributed by atoms with E-state index >= 15 is 0 Å². The van der Waals surface area contributed by atoms with Gasteiger partial charge in [0.15, 0.2) is 0 Å². The van der Waals surface area contributed by atoms with Crippen LogP contribution in [0, 0.1) is 11.3 Å². The molecule has 4 nitrogen and oxygen atoms in total. The molecule has 0 saturated heterocycles. The third-order valence-corrected chi connectivity index (χ3v) is 2.70. The summed E-state index contributed by atoms with van der Waals surface area (Å²) in [5.41, 5.74) is 9.31. The molecule has 82 valence electrons. The molecule has 0 atom stereocenters. The maximum atomic E-state index is 11.2. The highest BCUT2D eigenvalue weighted by molar-refractivity contribution is 6.03. The Morgan fingerprint density at radius 1 is 1.21 bits per heavy atom. The van der Waals surface area contributed by atoms with Crippen LogP contribution >= 0.6 is 0 Å². The van der Waals surface area contributed by atoms with Crippen LogP contribution < -0.4 is 11.5 Å². The van der Waals surface area contributed by atoms with Gasteiger partial charge in [-0.05, 0) is 25.2 Å². The van der Waals surface area contributed by atoms with Gasteiger partial charge in [-0.1, -0.05) is 20.8 Å². The second kappa shape index (κ2) is 4.98. The van der Waals surface area contributed by atoms with Crippen LogP contribution in [0.25, 0.3) is 0 Å². The average molecular weight is 200 g/mol. The van der Waals surface area contributed by atoms with Gasteiger partial charge in [0.2, 0.25) is 11.8 Å². The van der Waals surface area contributed by atoms with Crippen molar-refractivity contribution in [2.24, 2.45) is 22.8 Å². The Morgan fingerprint density at radius 2 is 1.64 bits per heavy atom. The van der Waals surface area contributed by atoms with Crippen molar-refractivity contribution in [1.82, 2.24) is 0 Å². The smallest absolute Gasteiger partial charge is 0.233 e. The summed E-state index contributed by atoms with van der Waals surface area (Å²) >= 11 is 0. The van der Waals surface area contributed by atoms with Crippen molar-refractivity contribution in [3.8, 4) is 0 Å². The van der Waals surface area contributed by atoms with Gasteiger partial charge in [0.05, 0.1) is 0 Å². The molecule has 4 heteroatoms. The van der Waals surface area contributed by atoms with Gasteiger partial charge in [0.25, 0.3) is 0 Å². The minimum atomic E-state index is -1.15. The standard InChI is InChI=1S/C10H20N2O2/c1-4-10(8(11)13,9(12)14)6-5-7(2)3/h7H,4-6H2,1-3H3,(H2,11,13)(H2,12,14). The Kier molecular flexibility index (Phi) is 4.60. The first-order valence-corrected chi connectivity index (χ1v) is 4.96. The maximum absolute atomic E-state index is 11.2. The normalized spacial score (nSPS) is 11.7. The Hall–Kier alpha value is -1.06. The van der Waals surface area contributed by atoms with E-state index in [1.165, 1.54) is 0 Å². The van der Waals surface area contributed by atoms with Crippen molar-refractivity contribution in [3.05, 3.63) is 0 Å². The molecule has 0 radical (unpaired) electrons. The van der Waals surface area contributed by atoms with E-state index in [9.17, 15) is 9.59 Å². The zero-order valence-corrected chi connectivity index (χ0v) is 9.17. The number of primary amides is 2. The lowest BCUT2D eigenvalue weighted by Gasteiger charge is -2.26. The van der Waals surface area contributed by atoms with Gasteiger partial charge in [-0.3, -0.25) is 9.59 Å². The Balaban J connectivity index is 4.69. The summed E-state index contributed by atoms with van der Waals surface area (Å²) in [5.74, 6) is -0.777. The predicted octanol–water partition coefficient (Wildman–Crippen LogP) is 0.790. The summed E-state index contributed by atoms with van der Waals surface area (Å²) in [6, 6.07) is 0. The van der Waals surface area contributed by atoms with Crippen LogP contribution in [-0.4, -0.2) is 11.8 Å². The number of nitrogens with two attached hydrogens (primary N) is 2. The van der Waals surface area contributed by atoms with Crippen LogP contribution in [0.5, 0.6) is 0 Å². The van der Waals surface area contributed by atoms with Crippen molar-refractivity contribution in [1.29, 1.82) is 0 Å². The molecular formula is C10H20N2O2. The van der Waals surface area contributed by atoms with Gasteiger partial charge in [0.1, 0.15) is 5.41 Å². The summed E-state index contributed by atoms with van der Waals surface area (Å²) in [5, 5.41) is 0. The molecule has 0 aliphatic heterocycles. The van der Waals surface area contributed by atoms with Crippen molar-refractivity contribution in [2.75, 3.05) is 0 Å². The van der Waals surface area contributed by atoms with Gasteiger partial charge in [-0.2, -0.15) is 0 Å². The van der Waals surface area contributed by atoms with E-state index in [4.69, 9.17) is 11.5 Å². The molecule has 0 unspecified atom stereocenters. The fourth-order valence-electron chi connectivity index (χ4n) is 1.43. The lowest BCUT2D eigenvalue weighted by atomic mass is 9.77. The number of rotatable bonds is 6. The van der Waals surface area contributed by atoms with E-state index in [0.29, 0.717) is 18.8 Å². The molecule has 0 aromatic heterocycles. The van der Waals surface area contributed by atoms with Gasteiger partial charge in [-0.25, -0.2) is 0 Å². The first-order valence-electron chi connectivity index (χ1n) is 4.96. The van der Waals surface area contributed by atoms with Gasteiger partial charge >= 0.3 is 0 Å². The molecule has 0 bridgehead atoms. The summed E-state index contributed by atoms with van der Waals surface area (Å²) in [6.45, 7) is 5.82. The predicted molar refractivity (Wildman–Crippen MR) is 55.2 cm³/mol. The minimum absolute atomic E-state index is 0.379. The molecule has 2 amide bonds. The van der Waals surface area contributed by atoms with E-state index in [1.807, 2.05) is 13.8 Å². The third kappa shape index (κ3) is 2.72. The second-order valence-corrected chi connectivity index (χ2v) is 4.10. The molecule has 0 saturated carbocycles. The second-order valence-electron chi connectivity index (χ2n) is 4.10. The van der Waals surface area contributed by atoms with Crippen LogP contribution in [0.4, 0.5) is 0 Å². The third-order valence-electron chi connectivity index (χ3n) is 2.70. The number of hydrogen-bond donors (Lipinski definition) is 2. The molecule has 4 N–H and O–H groups in total. The average Bonchev–Trinajstić information content (AvgIpc) is 2.04. The number of carbonyl (C=O) groups is 2. The first-order chi connectivity index (χ1) is 6.36. The van der Waals surface area contributed by atoms with Crippen molar-refractivity contribution in [3.63, 3.8) is 0 Å². The van der Waals surface area contributed by atoms with Gasteiger partial charge < -0.3 is 11.5 Å². The molecule has 0 aromatic rings. The van der Waals surface area contributed by atoms with Gasteiger partial charge in [-0.15, -0.1) is 0 Å². The Morgan fingerprint density at radius 3 is 1.86 bits per heavy atom. The van der Waals surface area contributed by atoms with E-state index in [-0.39, 0.29) is 0 Å². The molecule has 0 rings (SSSR count). The van der Waals surface area contributed by atoms with E-state index in [1.54, 1.807) is 6.92 Å². The fraction of sp³-hybridized carbons (Fsp3) is 0.800. The van der Waals surface area contributed by atoms with Crippen LogP contribution in [0.15, 0.2) is 0 Å². The van der Waals surface area contributed by atoms with Gasteiger partial charge in [0, 0.05) is 0 Å². The molecule has 0 aliphatic carbocycles. The van der Waals surface area contributed by atoms with Crippen molar-refractivity contribution >= 4 is 11.8 Å². The van der Waals surface area contributed by atoms with E-state index < -0.39 is 17.2 Å². The van der Waals surface area contributed by atoms with Crippen LogP contribution in [0.2, 0.25) is 0 Å². The molecular weight excluding hydrogens is 180 g/mol. The van der Waals surface area contributed by atoms with E-state index in [2.05, 4.69) is 0 Å². The Bertz CT molecular complexity index is 210. The SMILES string of the molecule is CCC(CCC(C)C)(C(N)=O)C(N)=O. The largest absolute Gasteiger partial charge is 0.369 e. The van der Waals surface area contributed by atoms with Crippen LogP contribution in [0.1, 0.15) is 40.0 Å². The lowest BCUT2D eigenvalue weighted by Crippen LogP contribution is -2.47. The highest BCUT2D eigenvalue weighted by Gasteiger charge is 2.40. The van der Waals surface area contributed by atoms with Crippen molar-refractivity contribution < 1.29 is 9.59 Å². The Labute approximate surface area is 85.0 Å². The zero-order valence-electron chi connectivity index (χ0n) is 9.17. The van der Waals surface area contributed by atoms with Crippen LogP contribution in [-0.2, 0) is 9.59 Å². The maximum Gasteiger partial charge on any atom is 0.233 e. The molecule has 0 aliphatic rings. The highest BCUT2D eigenvalue weighted by atomic mass is 16.2. The molecule has 0 fully saturated rings. The quantitative estimate of drug-likeness (QED) is 0.621. The molecule has 14 heavy (non-hydrogen) atoms. The number of carbonyl (C=O) groups excluding carboxylic acids is 2. The zero-order chi connectivity index (χ0) is 11.4. The monoisotopic (exact) mass is 200 g/mol. The summed E-state index contributed by atoms with van der Waals surface area (Å²) in [4.78, 5) is 22.5. The minimum Gasteiger partial charge on any atom is -0.369 e.